The van der Waals surface area contributed by atoms with Gasteiger partial charge in [-0.2, -0.15) is 0 Å². The SMILES string of the molecule is CC1CCC(C)N(CCC(N)C(N)=O)C1. The zero-order chi connectivity index (χ0) is 11.4. The minimum absolute atomic E-state index is 0.396. The summed E-state index contributed by atoms with van der Waals surface area (Å²) >= 11 is 0. The number of carbonyl (C=O) groups is 1. The minimum Gasteiger partial charge on any atom is -0.368 e. The Morgan fingerprint density at radius 1 is 1.47 bits per heavy atom. The van der Waals surface area contributed by atoms with E-state index in [4.69, 9.17) is 11.5 Å². The molecular weight excluding hydrogens is 190 g/mol. The first kappa shape index (κ1) is 12.5. The van der Waals surface area contributed by atoms with Gasteiger partial charge in [-0.3, -0.25) is 4.79 Å². The van der Waals surface area contributed by atoms with Crippen molar-refractivity contribution >= 4 is 5.91 Å². The third-order valence-corrected chi connectivity index (χ3v) is 3.34. The predicted molar refractivity (Wildman–Crippen MR) is 61.2 cm³/mol. The van der Waals surface area contributed by atoms with E-state index in [1.54, 1.807) is 0 Å². The number of nitrogens with two attached hydrogens (primary N) is 2. The van der Waals surface area contributed by atoms with Gasteiger partial charge in [0, 0.05) is 19.1 Å². The maximum atomic E-state index is 10.8. The molecule has 1 amide bonds. The topological polar surface area (TPSA) is 72.3 Å². The Labute approximate surface area is 92.0 Å². The van der Waals surface area contributed by atoms with Gasteiger partial charge in [-0.25, -0.2) is 0 Å². The summed E-state index contributed by atoms with van der Waals surface area (Å²) in [6.07, 6.45) is 3.22. The first-order chi connectivity index (χ1) is 7.00. The van der Waals surface area contributed by atoms with Crippen LogP contribution in [-0.2, 0) is 4.79 Å². The smallest absolute Gasteiger partial charge is 0.234 e. The fourth-order valence-electron chi connectivity index (χ4n) is 2.14. The number of amides is 1. The normalized spacial score (nSPS) is 30.1. The largest absolute Gasteiger partial charge is 0.368 e. The molecule has 4 N–H and O–H groups in total. The molecule has 1 heterocycles. The van der Waals surface area contributed by atoms with E-state index in [9.17, 15) is 4.79 Å². The highest BCUT2D eigenvalue weighted by molar-refractivity contribution is 5.79. The van der Waals surface area contributed by atoms with E-state index in [-0.39, 0.29) is 0 Å². The van der Waals surface area contributed by atoms with Crippen LogP contribution in [0.1, 0.15) is 33.1 Å². The van der Waals surface area contributed by atoms with E-state index in [0.29, 0.717) is 12.5 Å². The monoisotopic (exact) mass is 213 g/mol. The predicted octanol–water partition coefficient (Wildman–Crippen LogP) is 0.310. The van der Waals surface area contributed by atoms with Gasteiger partial charge in [0.1, 0.15) is 0 Å². The van der Waals surface area contributed by atoms with E-state index in [2.05, 4.69) is 18.7 Å². The highest BCUT2D eigenvalue weighted by atomic mass is 16.1. The van der Waals surface area contributed by atoms with E-state index >= 15 is 0 Å². The van der Waals surface area contributed by atoms with E-state index in [0.717, 1.165) is 19.0 Å². The first-order valence-electron chi connectivity index (χ1n) is 5.79. The average Bonchev–Trinajstić information content (AvgIpc) is 2.18. The van der Waals surface area contributed by atoms with Crippen LogP contribution in [0.15, 0.2) is 0 Å². The number of hydrogen-bond donors (Lipinski definition) is 2. The molecule has 0 spiro atoms. The van der Waals surface area contributed by atoms with Crippen molar-refractivity contribution in [3.63, 3.8) is 0 Å². The first-order valence-corrected chi connectivity index (χ1v) is 5.79. The standard InChI is InChI=1S/C11H23N3O/c1-8-3-4-9(2)14(7-8)6-5-10(12)11(13)15/h8-10H,3-7,12H2,1-2H3,(H2,13,15). The van der Waals surface area contributed by atoms with Crippen molar-refractivity contribution in [3.05, 3.63) is 0 Å². The molecule has 1 rings (SSSR count). The van der Waals surface area contributed by atoms with Gasteiger partial charge in [0.15, 0.2) is 0 Å². The van der Waals surface area contributed by atoms with Crippen molar-refractivity contribution in [2.45, 2.75) is 45.2 Å². The second kappa shape index (κ2) is 5.47. The van der Waals surface area contributed by atoms with E-state index in [1.807, 2.05) is 0 Å². The second-order valence-corrected chi connectivity index (χ2v) is 4.82. The van der Waals surface area contributed by atoms with Gasteiger partial charge < -0.3 is 16.4 Å². The van der Waals surface area contributed by atoms with E-state index in [1.165, 1.54) is 12.8 Å². The van der Waals surface area contributed by atoms with Crippen LogP contribution in [0.3, 0.4) is 0 Å². The number of primary amides is 1. The molecule has 0 bridgehead atoms. The van der Waals surface area contributed by atoms with Crippen molar-refractivity contribution < 1.29 is 4.79 Å². The molecule has 3 unspecified atom stereocenters. The van der Waals surface area contributed by atoms with Gasteiger partial charge in [0.05, 0.1) is 6.04 Å². The Kier molecular flexibility index (Phi) is 4.54. The molecule has 0 aliphatic carbocycles. The summed E-state index contributed by atoms with van der Waals surface area (Å²) in [5, 5.41) is 0. The minimum atomic E-state index is -0.491. The quantitative estimate of drug-likeness (QED) is 0.706. The number of piperidine rings is 1. The summed E-state index contributed by atoms with van der Waals surface area (Å²) in [5.74, 6) is 0.360. The van der Waals surface area contributed by atoms with Crippen LogP contribution >= 0.6 is 0 Å². The Bertz CT molecular complexity index is 220. The Hall–Kier alpha value is -0.610. The molecule has 0 aromatic heterocycles. The van der Waals surface area contributed by atoms with Crippen molar-refractivity contribution in [3.8, 4) is 0 Å². The van der Waals surface area contributed by atoms with Crippen LogP contribution in [0.5, 0.6) is 0 Å². The lowest BCUT2D eigenvalue weighted by atomic mass is 9.94. The number of rotatable bonds is 4. The fraction of sp³-hybridized carbons (Fsp3) is 0.909. The molecule has 1 saturated heterocycles. The summed E-state index contributed by atoms with van der Waals surface area (Å²) in [6.45, 7) is 6.51. The van der Waals surface area contributed by atoms with Crippen molar-refractivity contribution in [2.24, 2.45) is 17.4 Å². The van der Waals surface area contributed by atoms with E-state index < -0.39 is 11.9 Å². The van der Waals surface area contributed by atoms with Gasteiger partial charge in [-0.15, -0.1) is 0 Å². The number of hydrogen-bond acceptors (Lipinski definition) is 3. The highest BCUT2D eigenvalue weighted by Crippen LogP contribution is 2.21. The molecule has 0 radical (unpaired) electrons. The Morgan fingerprint density at radius 3 is 2.73 bits per heavy atom. The molecule has 15 heavy (non-hydrogen) atoms. The Morgan fingerprint density at radius 2 is 2.13 bits per heavy atom. The van der Waals surface area contributed by atoms with Crippen molar-refractivity contribution in [1.82, 2.24) is 4.90 Å². The molecule has 1 aliphatic heterocycles. The third-order valence-electron chi connectivity index (χ3n) is 3.34. The van der Waals surface area contributed by atoms with Gasteiger partial charge in [-0.05, 0) is 32.1 Å². The summed E-state index contributed by atoms with van der Waals surface area (Å²) in [6, 6.07) is 0.121. The molecule has 1 aliphatic rings. The fourth-order valence-corrected chi connectivity index (χ4v) is 2.14. The van der Waals surface area contributed by atoms with Gasteiger partial charge >= 0.3 is 0 Å². The van der Waals surface area contributed by atoms with Crippen LogP contribution in [0.4, 0.5) is 0 Å². The number of carbonyl (C=O) groups excluding carboxylic acids is 1. The summed E-state index contributed by atoms with van der Waals surface area (Å²) in [5.41, 5.74) is 10.7. The maximum Gasteiger partial charge on any atom is 0.234 e. The number of likely N-dealkylation sites (tertiary alicyclic amines) is 1. The lowest BCUT2D eigenvalue weighted by molar-refractivity contribution is -0.119. The van der Waals surface area contributed by atoms with Gasteiger partial charge in [0.25, 0.3) is 0 Å². The molecule has 3 atom stereocenters. The van der Waals surface area contributed by atoms with Crippen LogP contribution in [0.2, 0.25) is 0 Å². The second-order valence-electron chi connectivity index (χ2n) is 4.82. The zero-order valence-electron chi connectivity index (χ0n) is 9.78. The van der Waals surface area contributed by atoms with Crippen LogP contribution in [0, 0.1) is 5.92 Å². The summed E-state index contributed by atoms with van der Waals surface area (Å²) < 4.78 is 0. The molecule has 88 valence electrons. The maximum absolute atomic E-state index is 10.8. The molecule has 0 saturated carbocycles. The van der Waals surface area contributed by atoms with Crippen LogP contribution in [-0.4, -0.2) is 36.0 Å². The summed E-state index contributed by atoms with van der Waals surface area (Å²) in [4.78, 5) is 13.2. The highest BCUT2D eigenvalue weighted by Gasteiger charge is 2.23. The van der Waals surface area contributed by atoms with Crippen molar-refractivity contribution in [2.75, 3.05) is 13.1 Å². The number of nitrogens with zero attached hydrogens (tertiary/aromatic N) is 1. The van der Waals surface area contributed by atoms with Crippen molar-refractivity contribution in [1.29, 1.82) is 0 Å². The summed E-state index contributed by atoms with van der Waals surface area (Å²) in [7, 11) is 0. The molecule has 4 nitrogen and oxygen atoms in total. The van der Waals surface area contributed by atoms with Crippen LogP contribution in [0.25, 0.3) is 0 Å². The molecule has 1 fully saturated rings. The molecular formula is C11H23N3O. The lowest BCUT2D eigenvalue weighted by Crippen LogP contribution is -2.45. The molecule has 4 heteroatoms. The zero-order valence-corrected chi connectivity index (χ0v) is 9.78. The van der Waals surface area contributed by atoms with Gasteiger partial charge in [0.2, 0.25) is 5.91 Å². The third kappa shape index (κ3) is 3.80. The lowest BCUT2D eigenvalue weighted by Gasteiger charge is -2.37. The van der Waals surface area contributed by atoms with Crippen LogP contribution < -0.4 is 11.5 Å². The Balaban J connectivity index is 2.33. The molecule has 0 aromatic rings. The van der Waals surface area contributed by atoms with Gasteiger partial charge in [-0.1, -0.05) is 6.92 Å². The average molecular weight is 213 g/mol. The molecule has 0 aromatic carbocycles.